The van der Waals surface area contributed by atoms with Gasteiger partial charge in [-0.2, -0.15) is 0 Å². The molecule has 4 heteroatoms. The maximum absolute atomic E-state index is 12.0. The molecule has 0 aliphatic rings. The van der Waals surface area contributed by atoms with Gasteiger partial charge in [-0.15, -0.1) is 11.3 Å². The zero-order valence-corrected chi connectivity index (χ0v) is 11.5. The molecule has 0 bridgehead atoms. The van der Waals surface area contributed by atoms with E-state index in [2.05, 4.69) is 4.99 Å². The zero-order valence-electron chi connectivity index (χ0n) is 10.7. The third-order valence-corrected chi connectivity index (χ3v) is 3.47. The number of aliphatic imine (C=N–C) groups is 1. The van der Waals surface area contributed by atoms with Gasteiger partial charge in [-0.05, 0) is 30.5 Å². The van der Waals surface area contributed by atoms with E-state index in [1.54, 1.807) is 13.1 Å². The molecule has 0 aliphatic heterocycles. The number of ether oxygens (including phenoxy) is 1. The normalized spacial score (nSPS) is 12.5. The summed E-state index contributed by atoms with van der Waals surface area (Å²) in [6.45, 7) is 2.18. The predicted molar refractivity (Wildman–Crippen MR) is 78.3 cm³/mol. The number of hydrogen-bond donors (Lipinski definition) is 0. The van der Waals surface area contributed by atoms with Crippen LogP contribution in [-0.4, -0.2) is 18.8 Å². The van der Waals surface area contributed by atoms with Crippen LogP contribution < -0.4 is 0 Å². The highest BCUT2D eigenvalue weighted by Crippen LogP contribution is 2.22. The predicted octanol–water partition coefficient (Wildman–Crippen LogP) is 3.80. The molecule has 1 aromatic heterocycles. The van der Waals surface area contributed by atoms with E-state index in [1.165, 1.54) is 11.3 Å². The van der Waals surface area contributed by atoms with Crippen molar-refractivity contribution in [3.05, 3.63) is 52.7 Å². The summed E-state index contributed by atoms with van der Waals surface area (Å²) in [5.41, 5.74) is 0.827. The average molecular weight is 273 g/mol. The minimum Gasteiger partial charge on any atom is -0.465 e. The molecule has 2 aromatic rings. The van der Waals surface area contributed by atoms with Crippen LogP contribution in [0.3, 0.4) is 0 Å². The molecule has 1 unspecified atom stereocenters. The summed E-state index contributed by atoms with van der Waals surface area (Å²) in [6.07, 6.45) is 1.65. The van der Waals surface area contributed by atoms with Crippen LogP contribution in [0.4, 0.5) is 5.69 Å². The molecule has 1 aromatic carbocycles. The Morgan fingerprint density at radius 2 is 2.11 bits per heavy atom. The molecule has 3 nitrogen and oxygen atoms in total. The quantitative estimate of drug-likeness (QED) is 0.614. The molecule has 0 radical (unpaired) electrons. The first-order chi connectivity index (χ1) is 9.31. The van der Waals surface area contributed by atoms with Gasteiger partial charge in [-0.1, -0.05) is 24.3 Å². The monoisotopic (exact) mass is 273 g/mol. The van der Waals surface area contributed by atoms with Gasteiger partial charge in [0.05, 0.1) is 12.3 Å². The van der Waals surface area contributed by atoms with Crippen LogP contribution in [0, 0.1) is 0 Å². The molecule has 0 amide bonds. The second-order valence-electron chi connectivity index (χ2n) is 3.86. The van der Waals surface area contributed by atoms with Gasteiger partial charge >= 0.3 is 5.97 Å². The van der Waals surface area contributed by atoms with E-state index in [0.29, 0.717) is 6.61 Å². The Labute approximate surface area is 116 Å². The highest BCUT2D eigenvalue weighted by atomic mass is 32.1. The smallest absolute Gasteiger partial charge is 0.319 e. The fourth-order valence-corrected chi connectivity index (χ4v) is 2.40. The number of hydrogen-bond acceptors (Lipinski definition) is 4. The first-order valence-corrected chi connectivity index (χ1v) is 6.98. The summed E-state index contributed by atoms with van der Waals surface area (Å²) in [7, 11) is 0. The molecular weight excluding hydrogens is 258 g/mol. The van der Waals surface area contributed by atoms with Crippen molar-refractivity contribution in [1.82, 2.24) is 0 Å². The van der Waals surface area contributed by atoms with Gasteiger partial charge in [0, 0.05) is 11.1 Å². The van der Waals surface area contributed by atoms with E-state index in [9.17, 15) is 4.79 Å². The average Bonchev–Trinajstić information content (AvgIpc) is 2.94. The van der Waals surface area contributed by atoms with E-state index in [-0.39, 0.29) is 5.97 Å². The first kappa shape index (κ1) is 13.5. The minimum absolute atomic E-state index is 0.260. The van der Waals surface area contributed by atoms with E-state index >= 15 is 0 Å². The highest BCUT2D eigenvalue weighted by Gasteiger charge is 2.20. The largest absolute Gasteiger partial charge is 0.465 e. The van der Waals surface area contributed by atoms with Gasteiger partial charge in [0.15, 0.2) is 0 Å². The molecule has 98 valence electrons. The van der Waals surface area contributed by atoms with E-state index < -0.39 is 5.92 Å². The lowest BCUT2D eigenvalue weighted by Gasteiger charge is -2.09. The van der Waals surface area contributed by atoms with Gasteiger partial charge < -0.3 is 4.74 Å². The van der Waals surface area contributed by atoms with Crippen LogP contribution in [0.15, 0.2) is 52.8 Å². The Balaban J connectivity index is 2.19. The lowest BCUT2D eigenvalue weighted by atomic mass is 10.1. The molecule has 0 N–H and O–H groups in total. The molecule has 19 heavy (non-hydrogen) atoms. The number of esters is 1. The number of carbonyl (C=O) groups excluding carboxylic acids is 1. The summed E-state index contributed by atoms with van der Waals surface area (Å²) in [6, 6.07) is 13.4. The van der Waals surface area contributed by atoms with Crippen molar-refractivity contribution in [3.63, 3.8) is 0 Å². The van der Waals surface area contributed by atoms with Gasteiger partial charge in [0.1, 0.15) is 5.92 Å². The van der Waals surface area contributed by atoms with Crippen LogP contribution in [-0.2, 0) is 9.53 Å². The summed E-state index contributed by atoms with van der Waals surface area (Å²) in [4.78, 5) is 17.2. The van der Waals surface area contributed by atoms with Crippen molar-refractivity contribution >= 4 is 29.2 Å². The van der Waals surface area contributed by atoms with Gasteiger partial charge in [-0.3, -0.25) is 9.79 Å². The molecule has 1 atom stereocenters. The molecule has 1 heterocycles. The molecule has 0 fully saturated rings. The second-order valence-corrected chi connectivity index (χ2v) is 4.84. The summed E-state index contributed by atoms with van der Waals surface area (Å²) in [5, 5.41) is 1.94. The summed E-state index contributed by atoms with van der Waals surface area (Å²) >= 11 is 1.53. The first-order valence-electron chi connectivity index (χ1n) is 6.10. The van der Waals surface area contributed by atoms with Crippen molar-refractivity contribution in [1.29, 1.82) is 0 Å². The molecule has 0 saturated heterocycles. The lowest BCUT2D eigenvalue weighted by Crippen LogP contribution is -2.16. The number of thiophene rings is 1. The van der Waals surface area contributed by atoms with Crippen molar-refractivity contribution in [3.8, 4) is 0 Å². The number of carbonyl (C=O) groups is 1. The van der Waals surface area contributed by atoms with Crippen LogP contribution in [0.2, 0.25) is 0 Å². The Kier molecular flexibility index (Phi) is 4.86. The number of benzene rings is 1. The Morgan fingerprint density at radius 1 is 1.32 bits per heavy atom. The van der Waals surface area contributed by atoms with Crippen LogP contribution in [0.25, 0.3) is 0 Å². The SMILES string of the molecule is CCOC(=O)C(C=Nc1ccccc1)c1cccs1. The zero-order chi connectivity index (χ0) is 13.5. The van der Waals surface area contributed by atoms with Gasteiger partial charge in [0.2, 0.25) is 0 Å². The van der Waals surface area contributed by atoms with Crippen molar-refractivity contribution in [2.75, 3.05) is 6.61 Å². The van der Waals surface area contributed by atoms with Crippen molar-refractivity contribution in [2.45, 2.75) is 12.8 Å². The molecule has 0 spiro atoms. The molecular formula is C15H15NO2S. The maximum Gasteiger partial charge on any atom is 0.319 e. The Hall–Kier alpha value is -1.94. The molecule has 0 saturated carbocycles. The molecule has 0 aliphatic carbocycles. The third kappa shape index (κ3) is 3.76. The van der Waals surface area contributed by atoms with E-state index in [1.807, 2.05) is 47.8 Å². The summed E-state index contributed by atoms with van der Waals surface area (Å²) in [5.74, 6) is -0.690. The van der Waals surface area contributed by atoms with Crippen LogP contribution >= 0.6 is 11.3 Å². The van der Waals surface area contributed by atoms with E-state index in [4.69, 9.17) is 4.74 Å². The van der Waals surface area contributed by atoms with Gasteiger partial charge in [0.25, 0.3) is 0 Å². The summed E-state index contributed by atoms with van der Waals surface area (Å²) < 4.78 is 5.09. The van der Waals surface area contributed by atoms with Crippen molar-refractivity contribution in [2.24, 2.45) is 4.99 Å². The van der Waals surface area contributed by atoms with Crippen LogP contribution in [0.1, 0.15) is 17.7 Å². The lowest BCUT2D eigenvalue weighted by molar-refractivity contribution is -0.142. The van der Waals surface area contributed by atoms with E-state index in [0.717, 1.165) is 10.6 Å². The number of rotatable bonds is 5. The second kappa shape index (κ2) is 6.85. The number of para-hydroxylation sites is 1. The van der Waals surface area contributed by atoms with Crippen LogP contribution in [0.5, 0.6) is 0 Å². The highest BCUT2D eigenvalue weighted by molar-refractivity contribution is 7.10. The van der Waals surface area contributed by atoms with Crippen molar-refractivity contribution < 1.29 is 9.53 Å². The Bertz CT molecular complexity index is 535. The Morgan fingerprint density at radius 3 is 2.74 bits per heavy atom. The minimum atomic E-state index is -0.430. The maximum atomic E-state index is 12.0. The number of nitrogens with zero attached hydrogens (tertiary/aromatic N) is 1. The van der Waals surface area contributed by atoms with Gasteiger partial charge in [-0.25, -0.2) is 0 Å². The fourth-order valence-electron chi connectivity index (χ4n) is 1.63. The fraction of sp³-hybridized carbons (Fsp3) is 0.200. The standard InChI is InChI=1S/C15H15NO2S/c1-2-18-15(17)13(14-9-6-10-19-14)11-16-12-7-4-3-5-8-12/h3-11,13H,2H2,1H3. The third-order valence-electron chi connectivity index (χ3n) is 2.52. The molecule has 2 rings (SSSR count). The topological polar surface area (TPSA) is 38.7 Å².